The molecule has 0 spiro atoms. The Kier molecular flexibility index (Phi) is 13.1. The highest BCUT2D eigenvalue weighted by molar-refractivity contribution is 7.47. The molecule has 0 heterocycles. The van der Waals surface area contributed by atoms with Crippen LogP contribution in [0.15, 0.2) is 63.7 Å². The van der Waals surface area contributed by atoms with Gasteiger partial charge < -0.3 is 4.89 Å². The van der Waals surface area contributed by atoms with Crippen molar-refractivity contribution in [1.82, 2.24) is 0 Å². The highest BCUT2D eigenvalue weighted by Gasteiger charge is 2.26. The summed E-state index contributed by atoms with van der Waals surface area (Å²) in [5.74, 6) is 0.216. The lowest BCUT2D eigenvalue weighted by Crippen LogP contribution is -2.19. The zero-order valence-corrected chi connectivity index (χ0v) is 22.5. The van der Waals surface area contributed by atoms with Crippen molar-refractivity contribution in [3.63, 3.8) is 0 Å². The summed E-state index contributed by atoms with van der Waals surface area (Å²) in [6.07, 6.45) is 18.8. The van der Waals surface area contributed by atoms with Gasteiger partial charge in [0.05, 0.1) is 19.8 Å². The SMILES string of the molecule is CCC(C)COP(=O)(O)OCCN=C/C=C(C)/C=C/C=C(C)/C=C/C1=C(C)CCCC1(C)C. The van der Waals surface area contributed by atoms with Crippen LogP contribution in [0.3, 0.4) is 0 Å². The Labute approximate surface area is 201 Å². The maximum atomic E-state index is 11.8. The van der Waals surface area contributed by atoms with Gasteiger partial charge in [-0.15, -0.1) is 0 Å². The van der Waals surface area contributed by atoms with Crippen LogP contribution in [0.1, 0.15) is 74.1 Å². The second-order valence-electron chi connectivity index (χ2n) is 9.61. The Hall–Kier alpha value is -1.52. The highest BCUT2D eigenvalue weighted by atomic mass is 31.2. The van der Waals surface area contributed by atoms with Crippen molar-refractivity contribution in [2.45, 2.75) is 74.1 Å². The predicted octanol–water partition coefficient (Wildman–Crippen LogP) is 7.77. The van der Waals surface area contributed by atoms with Crippen LogP contribution < -0.4 is 0 Å². The molecule has 2 unspecified atom stereocenters. The molecule has 0 saturated heterocycles. The highest BCUT2D eigenvalue weighted by Crippen LogP contribution is 2.43. The molecular weight excluding hydrogens is 433 g/mol. The third-order valence-corrected chi connectivity index (χ3v) is 6.89. The molecule has 0 fully saturated rings. The minimum absolute atomic E-state index is 0.0362. The van der Waals surface area contributed by atoms with E-state index in [1.807, 2.05) is 39.0 Å². The van der Waals surface area contributed by atoms with Gasteiger partial charge in [0.1, 0.15) is 0 Å². The molecule has 0 aromatic heterocycles. The van der Waals surface area contributed by atoms with Gasteiger partial charge in [-0.2, -0.15) is 0 Å². The summed E-state index contributed by atoms with van der Waals surface area (Å²) in [4.78, 5) is 13.8. The van der Waals surface area contributed by atoms with Crippen LogP contribution in [-0.4, -0.2) is 30.9 Å². The smallest absolute Gasteiger partial charge is 0.302 e. The van der Waals surface area contributed by atoms with Gasteiger partial charge in [0.25, 0.3) is 0 Å². The summed E-state index contributed by atoms with van der Waals surface area (Å²) in [5.41, 5.74) is 5.50. The molecule has 0 saturated carbocycles. The molecule has 186 valence electrons. The normalized spacial score (nSPS) is 20.8. The number of hydrogen-bond acceptors (Lipinski definition) is 4. The summed E-state index contributed by atoms with van der Waals surface area (Å²) < 4.78 is 21.7. The standard InChI is InChI=1S/C27H44NO4P/c1-8-22(2)21-32-33(29,30)31-20-19-28-18-16-24(4)12-9-11-23(3)14-15-26-25(5)13-10-17-27(26,6)7/h9,11-12,14-16,18,22H,8,10,13,17,19-21H2,1-7H3,(H,29,30)/b12-9+,15-14+,23-11+,24-16+,28-18?. The van der Waals surface area contributed by atoms with Crippen molar-refractivity contribution in [2.75, 3.05) is 19.8 Å². The predicted molar refractivity (Wildman–Crippen MR) is 141 cm³/mol. The van der Waals surface area contributed by atoms with Crippen molar-refractivity contribution < 1.29 is 18.5 Å². The van der Waals surface area contributed by atoms with E-state index in [2.05, 4.69) is 50.9 Å². The maximum absolute atomic E-state index is 11.8. The van der Waals surface area contributed by atoms with Gasteiger partial charge in [-0.3, -0.25) is 14.0 Å². The van der Waals surface area contributed by atoms with E-state index in [1.165, 1.54) is 36.0 Å². The molecule has 5 nitrogen and oxygen atoms in total. The first-order valence-corrected chi connectivity index (χ1v) is 13.5. The molecule has 1 N–H and O–H groups in total. The van der Waals surface area contributed by atoms with Gasteiger partial charge in [-0.25, -0.2) is 4.57 Å². The lowest BCUT2D eigenvalue weighted by Gasteiger charge is -2.32. The number of hydrogen-bond donors (Lipinski definition) is 1. The lowest BCUT2D eigenvalue weighted by molar-refractivity contribution is 0.136. The van der Waals surface area contributed by atoms with Gasteiger partial charge in [0.2, 0.25) is 0 Å². The van der Waals surface area contributed by atoms with Crippen LogP contribution in [0.2, 0.25) is 0 Å². The number of aliphatic imine (C=N–C) groups is 1. The molecule has 0 bridgehead atoms. The fourth-order valence-electron chi connectivity index (χ4n) is 3.52. The second kappa shape index (κ2) is 14.7. The Morgan fingerprint density at radius 2 is 1.91 bits per heavy atom. The molecule has 1 aliphatic carbocycles. The van der Waals surface area contributed by atoms with Gasteiger partial charge in [-0.05, 0) is 68.6 Å². The van der Waals surface area contributed by atoms with E-state index in [0.717, 1.165) is 12.0 Å². The molecule has 0 aromatic rings. The van der Waals surface area contributed by atoms with E-state index in [9.17, 15) is 9.46 Å². The van der Waals surface area contributed by atoms with Crippen LogP contribution in [0.25, 0.3) is 0 Å². The summed E-state index contributed by atoms with van der Waals surface area (Å²) in [7, 11) is -3.99. The van der Waals surface area contributed by atoms with Gasteiger partial charge in [0, 0.05) is 6.21 Å². The van der Waals surface area contributed by atoms with Crippen molar-refractivity contribution in [2.24, 2.45) is 16.3 Å². The summed E-state index contributed by atoms with van der Waals surface area (Å²) >= 11 is 0. The molecule has 33 heavy (non-hydrogen) atoms. The topological polar surface area (TPSA) is 68.1 Å². The zero-order chi connectivity index (χ0) is 24.9. The molecular formula is C27H44NO4P. The quantitative estimate of drug-likeness (QED) is 0.127. The minimum Gasteiger partial charge on any atom is -0.302 e. The van der Waals surface area contributed by atoms with E-state index in [-0.39, 0.29) is 24.5 Å². The lowest BCUT2D eigenvalue weighted by atomic mass is 9.72. The molecule has 1 rings (SSSR count). The van der Waals surface area contributed by atoms with Crippen molar-refractivity contribution >= 4 is 14.0 Å². The third kappa shape index (κ3) is 12.5. The minimum atomic E-state index is -3.99. The van der Waals surface area contributed by atoms with Crippen molar-refractivity contribution in [3.8, 4) is 0 Å². The monoisotopic (exact) mass is 477 g/mol. The molecule has 0 amide bonds. The largest absolute Gasteiger partial charge is 0.472 e. The maximum Gasteiger partial charge on any atom is 0.472 e. The van der Waals surface area contributed by atoms with Gasteiger partial charge >= 0.3 is 7.82 Å². The van der Waals surface area contributed by atoms with Gasteiger partial charge in [-0.1, -0.05) is 75.6 Å². The van der Waals surface area contributed by atoms with Crippen LogP contribution in [-0.2, 0) is 13.6 Å². The molecule has 1 aliphatic rings. The van der Waals surface area contributed by atoms with E-state index in [4.69, 9.17) is 9.05 Å². The molecule has 0 radical (unpaired) electrons. The number of phosphoric acid groups is 1. The summed E-state index contributed by atoms with van der Waals surface area (Å²) in [6.45, 7) is 15.5. The molecule has 2 atom stereocenters. The number of rotatable bonds is 13. The fourth-order valence-corrected chi connectivity index (χ4v) is 4.35. The van der Waals surface area contributed by atoms with Crippen molar-refractivity contribution in [3.05, 3.63) is 58.7 Å². The Balaban J connectivity index is 2.46. The Bertz CT molecular complexity index is 846. The average molecular weight is 478 g/mol. The Morgan fingerprint density at radius 1 is 1.21 bits per heavy atom. The van der Waals surface area contributed by atoms with Crippen LogP contribution in [0.5, 0.6) is 0 Å². The van der Waals surface area contributed by atoms with Crippen LogP contribution in [0.4, 0.5) is 0 Å². The van der Waals surface area contributed by atoms with E-state index in [0.29, 0.717) is 6.54 Å². The van der Waals surface area contributed by atoms with Crippen LogP contribution in [0, 0.1) is 11.3 Å². The van der Waals surface area contributed by atoms with E-state index in [1.54, 1.807) is 6.21 Å². The first-order valence-electron chi connectivity index (χ1n) is 12.0. The van der Waals surface area contributed by atoms with Crippen molar-refractivity contribution in [1.29, 1.82) is 0 Å². The first-order chi connectivity index (χ1) is 15.5. The van der Waals surface area contributed by atoms with E-state index < -0.39 is 7.82 Å². The number of allylic oxidation sites excluding steroid dienone is 10. The first kappa shape index (κ1) is 29.5. The molecule has 0 aromatic carbocycles. The summed E-state index contributed by atoms with van der Waals surface area (Å²) in [6, 6.07) is 0. The third-order valence-electron chi connectivity index (χ3n) is 5.91. The fraction of sp³-hybridized carbons (Fsp3) is 0.593. The molecule has 0 aliphatic heterocycles. The second-order valence-corrected chi connectivity index (χ2v) is 11.1. The number of nitrogens with zero attached hydrogens (tertiary/aromatic N) is 1. The number of phosphoric ester groups is 1. The van der Waals surface area contributed by atoms with Crippen LogP contribution >= 0.6 is 7.82 Å². The summed E-state index contributed by atoms with van der Waals surface area (Å²) in [5, 5.41) is 0. The Morgan fingerprint density at radius 3 is 2.58 bits per heavy atom. The molecule has 6 heteroatoms. The van der Waals surface area contributed by atoms with Gasteiger partial charge in [0.15, 0.2) is 0 Å². The zero-order valence-electron chi connectivity index (χ0n) is 21.6. The average Bonchev–Trinajstić information content (AvgIpc) is 2.73. The van der Waals surface area contributed by atoms with E-state index >= 15 is 0 Å².